The van der Waals surface area contributed by atoms with Gasteiger partial charge in [0, 0.05) is 11.8 Å². The average molecular weight is 1140 g/mol. The van der Waals surface area contributed by atoms with Gasteiger partial charge in [0.05, 0.1) is 0 Å². The van der Waals surface area contributed by atoms with E-state index in [1.54, 1.807) is 12.1 Å². The van der Waals surface area contributed by atoms with E-state index in [0.717, 1.165) is 66.1 Å². The van der Waals surface area contributed by atoms with Crippen LogP contribution in [-0.2, 0) is 19.4 Å². The van der Waals surface area contributed by atoms with Gasteiger partial charge >= 0.3 is 382 Å². The molecule has 0 aliphatic heterocycles. The number of rotatable bonds is 9. The van der Waals surface area contributed by atoms with Crippen LogP contribution in [0.1, 0.15) is 19.3 Å². The van der Waals surface area contributed by atoms with Gasteiger partial charge in [-0.15, -0.1) is 0 Å². The second-order valence-corrected chi connectivity index (χ2v) is 19.0. The van der Waals surface area contributed by atoms with Crippen LogP contribution >= 0.6 is 0 Å². The zero-order valence-electron chi connectivity index (χ0n) is 49.4. The number of fused-ring (bicyclic) bond motifs is 7. The molecule has 354 valence electrons. The third-order valence-corrected chi connectivity index (χ3v) is 14.8. The molecule has 6 nitrogen and oxygen atoms in total. The number of hydrogen-bond donors (Lipinski definition) is 0. The van der Waals surface area contributed by atoms with Crippen molar-refractivity contribution in [3.8, 4) is 67.8 Å². The molecule has 0 spiro atoms. The fraction of sp³-hybridized carbons (Fsp3) is 0.0149. The molecule has 4 aromatic heterocycles. The monoisotopic (exact) mass is 1140 g/mol. The van der Waals surface area contributed by atoms with Crippen molar-refractivity contribution >= 4 is 54.6 Å². The Bertz CT molecular complexity index is 4980. The fourth-order valence-electron chi connectivity index (χ4n) is 10.6. The van der Waals surface area contributed by atoms with Crippen molar-refractivity contribution in [3.63, 3.8) is 0 Å². The summed E-state index contributed by atoms with van der Waals surface area (Å²) in [5.41, 5.74) is 9.36. The first-order valence-corrected chi connectivity index (χ1v) is 25.2. The molecule has 0 N–H and O–H groups in total. The van der Waals surface area contributed by atoms with E-state index < -0.39 is 60.4 Å². The summed E-state index contributed by atoms with van der Waals surface area (Å²) in [6, 6.07) is 55.7. The molecule has 0 atom stereocenters. The van der Waals surface area contributed by atoms with Crippen LogP contribution < -0.4 is 4.74 Å². The summed E-state index contributed by atoms with van der Waals surface area (Å²) in [5.74, 6) is 1.87. The van der Waals surface area contributed by atoms with E-state index >= 15 is 0 Å². The number of nitrogens with zero attached hydrogens (tertiary/aromatic N) is 5. The van der Waals surface area contributed by atoms with Crippen molar-refractivity contribution in [2.45, 2.75) is 6.92 Å². The Morgan fingerprint density at radius 2 is 0.932 bits per heavy atom. The third kappa shape index (κ3) is 7.21. The summed E-state index contributed by atoms with van der Waals surface area (Å²) in [7, 11) is 0. The van der Waals surface area contributed by atoms with E-state index in [1.807, 2.05) is 159 Å². The van der Waals surface area contributed by atoms with Crippen molar-refractivity contribution < 1.29 is 37.8 Å². The molecule has 0 aliphatic rings. The first-order chi connectivity index (χ1) is 40.7. The summed E-state index contributed by atoms with van der Waals surface area (Å²) >= 11 is 2.21. The number of para-hydroxylation sites is 5. The molecule has 7 heteroatoms. The van der Waals surface area contributed by atoms with Gasteiger partial charge in [0.25, 0.3) is 0 Å². The summed E-state index contributed by atoms with van der Waals surface area (Å²) in [4.78, 5) is 5.03. The zero-order chi connectivity index (χ0) is 58.0. The molecule has 74 heavy (non-hydrogen) atoms. The maximum atomic E-state index is 9.57. The number of pyridine rings is 1. The molecule has 0 unspecified atom stereocenters. The Balaban J connectivity index is 0.994. The van der Waals surface area contributed by atoms with Gasteiger partial charge in [-0.1, -0.05) is 42.5 Å². The molecule has 10 aromatic carbocycles. The molecule has 0 fully saturated rings. The van der Waals surface area contributed by atoms with E-state index in [-0.39, 0.29) is 27.9 Å². The van der Waals surface area contributed by atoms with Gasteiger partial charge in [-0.05, 0) is 18.1 Å². The number of ether oxygens (including phenoxy) is 1. The van der Waals surface area contributed by atoms with E-state index in [1.165, 1.54) is 0 Å². The van der Waals surface area contributed by atoms with Crippen molar-refractivity contribution in [3.05, 3.63) is 264 Å². The Morgan fingerprint density at radius 3 is 1.54 bits per heavy atom. The topological polar surface area (TPSA) is 41.8 Å². The zero-order valence-corrected chi connectivity index (χ0v) is 41.7. The first kappa shape index (κ1) is 34.3. The second kappa shape index (κ2) is 17.9. The quantitative estimate of drug-likeness (QED) is 0.145. The molecule has 0 bridgehead atoms. The van der Waals surface area contributed by atoms with E-state index in [0.29, 0.717) is 37.7 Å². The fourth-order valence-corrected chi connectivity index (χ4v) is 11.7. The molecule has 0 amide bonds. The molecule has 0 saturated carbocycles. The summed E-state index contributed by atoms with van der Waals surface area (Å²) in [6.07, 6.45) is 1.93. The van der Waals surface area contributed by atoms with E-state index in [9.17, 15) is 5.48 Å². The Hall–Kier alpha value is -9.09. The Morgan fingerprint density at radius 1 is 0.405 bits per heavy atom. The van der Waals surface area contributed by atoms with Crippen molar-refractivity contribution in [2.24, 2.45) is 0 Å². The predicted molar refractivity (Wildman–Crippen MR) is 300 cm³/mol. The van der Waals surface area contributed by atoms with Crippen LogP contribution in [0.5, 0.6) is 11.5 Å². The van der Waals surface area contributed by atoms with Crippen LogP contribution in [-0.4, -0.2) is 23.3 Å². The molecule has 0 radical (unpaired) electrons. The number of aromatic nitrogens is 5. The number of imidazole rings is 1. The second-order valence-electron chi connectivity index (χ2n) is 18.0. The van der Waals surface area contributed by atoms with Crippen LogP contribution in [0.2, 0.25) is 0 Å². The van der Waals surface area contributed by atoms with E-state index in [4.69, 9.17) is 17.9 Å². The van der Waals surface area contributed by atoms with Crippen LogP contribution in [0.15, 0.2) is 255 Å². The van der Waals surface area contributed by atoms with Crippen molar-refractivity contribution in [2.75, 3.05) is 0 Å². The number of hydrogen-bond acceptors (Lipinski definition) is 2. The maximum absolute atomic E-state index is 9.57. The van der Waals surface area contributed by atoms with Crippen molar-refractivity contribution in [1.29, 1.82) is 0 Å². The molecule has 0 saturated heterocycles. The van der Waals surface area contributed by atoms with Crippen LogP contribution in [0, 0.1) is 10.7 Å². The minimum absolute atomic E-state index is 0.144. The van der Waals surface area contributed by atoms with Crippen LogP contribution in [0.25, 0.3) is 111 Å². The van der Waals surface area contributed by atoms with Crippen molar-refractivity contribution in [1.82, 2.24) is 23.3 Å². The van der Waals surface area contributed by atoms with Gasteiger partial charge in [0.1, 0.15) is 0 Å². The minimum atomic E-state index is -0.580. The molecule has 14 rings (SSSR count). The molecule has 14 aromatic rings. The first-order valence-electron chi connectivity index (χ1n) is 29.0. The molecule has 0 aliphatic carbocycles. The molecular weight excluding hydrogens is 1090 g/mol. The summed E-state index contributed by atoms with van der Waals surface area (Å²) in [5, 5.41) is 3.95. The molecular formula is C67H45N5OPt. The molecule has 4 heterocycles. The predicted octanol–water partition coefficient (Wildman–Crippen LogP) is 17.2. The van der Waals surface area contributed by atoms with Gasteiger partial charge in [-0.25, -0.2) is 0 Å². The van der Waals surface area contributed by atoms with Crippen LogP contribution in [0.4, 0.5) is 0 Å². The van der Waals surface area contributed by atoms with Gasteiger partial charge in [-0.3, -0.25) is 0 Å². The van der Waals surface area contributed by atoms with Gasteiger partial charge in [-0.2, -0.15) is 0 Å². The third-order valence-electron chi connectivity index (χ3n) is 13.8. The summed E-state index contributed by atoms with van der Waals surface area (Å²) in [6.45, 7) is 2.10. The Labute approximate surface area is 452 Å². The normalized spacial score (nSPS) is 13.6. The Kier molecular flexibility index (Phi) is 8.29. The van der Waals surface area contributed by atoms with Gasteiger partial charge in [0.2, 0.25) is 0 Å². The number of benzene rings is 10. The SMILES string of the molecule is [2H]c1c([2H])c([2H])c(-c2cc(-n3c4ccccc4c4ccccc43)cc(-c3c([2H])c([2H])c([2H])c([2H])c3[2H])c2-n2[c](=[Pt])n(-c3cccc(Oc4ccc5c6ccccc6n(-c6cc(C)c(-c7ccccc7)cn6)c5c4)c3)c3ccccc32)c([2H])c1[2H]. The average Bonchev–Trinajstić information content (AvgIpc) is 3.22. The van der Waals surface area contributed by atoms with Gasteiger partial charge in [0.15, 0.2) is 0 Å². The van der Waals surface area contributed by atoms with Crippen LogP contribution in [0.3, 0.4) is 0 Å². The van der Waals surface area contributed by atoms with E-state index in [2.05, 4.69) is 67.2 Å². The number of aryl methyl sites for hydroxylation is 1. The standard InChI is InChI=1S/C67H45N5O.Pt/c1-45-38-66(68-43-59(45)48-24-9-4-10-25-48)72-62-33-16-13-30-55(62)56-37-36-52(42-65(56)72)73-51-27-19-26-49(39-51)69-44-70(64-35-18-17-34-63(64)69)67-57(46-20-5-2-6-21-46)40-50(41-58(67)47-22-7-3-8-23-47)71-60-31-14-11-28-53(60)54-29-12-15-32-61(54)71;/h2-43H,1H3;/i2D,3D,5D,6D,7D,8D,20D,21D,22D,23D;. The summed E-state index contributed by atoms with van der Waals surface area (Å²) < 4.78 is 107. The van der Waals surface area contributed by atoms with Gasteiger partial charge < -0.3 is 0 Å².